The van der Waals surface area contributed by atoms with E-state index in [0.29, 0.717) is 11.3 Å². The van der Waals surface area contributed by atoms with Gasteiger partial charge >= 0.3 is 12.2 Å². The molecule has 1 aromatic rings. The van der Waals surface area contributed by atoms with Gasteiger partial charge in [-0.2, -0.15) is 5.10 Å². The van der Waals surface area contributed by atoms with Crippen LogP contribution in [0.3, 0.4) is 0 Å². The summed E-state index contributed by atoms with van der Waals surface area (Å²) in [5, 5.41) is 7.20. The molecule has 0 atom stereocenters. The first-order valence-corrected chi connectivity index (χ1v) is 9.71. The topological polar surface area (TPSA) is 103 Å². The van der Waals surface area contributed by atoms with Crippen molar-refractivity contribution >= 4 is 23.9 Å². The lowest BCUT2D eigenvalue weighted by Crippen LogP contribution is -2.44. The number of carbonyl (C=O) groups is 3. The molecule has 162 valence electrons. The zero-order valence-electron chi connectivity index (χ0n) is 18.8. The largest absolute Gasteiger partial charge is 0.448 e. The second-order valence-electron chi connectivity index (χ2n) is 9.62. The van der Waals surface area contributed by atoms with E-state index in [1.54, 1.807) is 48.5 Å². The summed E-state index contributed by atoms with van der Waals surface area (Å²) < 4.78 is 11.7. The van der Waals surface area contributed by atoms with Crippen molar-refractivity contribution in [1.82, 2.24) is 14.7 Å². The van der Waals surface area contributed by atoms with Crippen LogP contribution in [0.1, 0.15) is 73.6 Å². The Kier molecular flexibility index (Phi) is 5.75. The van der Waals surface area contributed by atoms with Gasteiger partial charge in [0, 0.05) is 11.0 Å². The average molecular weight is 408 g/mol. The summed E-state index contributed by atoms with van der Waals surface area (Å²) in [5.41, 5.74) is -1.07. The van der Waals surface area contributed by atoms with E-state index < -0.39 is 28.7 Å². The van der Waals surface area contributed by atoms with Crippen LogP contribution in [-0.4, -0.2) is 45.0 Å². The molecule has 0 saturated heterocycles. The number of fused-ring (bicyclic) bond motifs is 1. The van der Waals surface area contributed by atoms with Crippen LogP contribution in [0, 0.1) is 5.41 Å². The molecule has 1 aliphatic heterocycles. The third-order valence-electron chi connectivity index (χ3n) is 4.52. The first-order chi connectivity index (χ1) is 13.1. The number of aromatic nitrogens is 2. The zero-order valence-corrected chi connectivity index (χ0v) is 18.8. The Morgan fingerprint density at radius 2 is 1.69 bits per heavy atom. The van der Waals surface area contributed by atoms with Crippen LogP contribution < -0.4 is 5.32 Å². The van der Waals surface area contributed by atoms with Crippen molar-refractivity contribution in [2.45, 2.75) is 80.0 Å². The van der Waals surface area contributed by atoms with Gasteiger partial charge in [-0.05, 0) is 41.5 Å². The Bertz CT molecular complexity index is 827. The summed E-state index contributed by atoms with van der Waals surface area (Å²) in [5.74, 6) is -0.0585. The van der Waals surface area contributed by atoms with Gasteiger partial charge in [0.05, 0.1) is 24.4 Å². The highest BCUT2D eigenvalue weighted by Crippen LogP contribution is 2.42. The monoisotopic (exact) mass is 408 g/mol. The van der Waals surface area contributed by atoms with Crippen LogP contribution in [0.25, 0.3) is 0 Å². The third kappa shape index (κ3) is 4.54. The van der Waals surface area contributed by atoms with Crippen LogP contribution in [-0.2, 0) is 26.4 Å². The Hall–Kier alpha value is -2.58. The minimum absolute atomic E-state index is 0.149. The van der Waals surface area contributed by atoms with Crippen molar-refractivity contribution in [3.05, 3.63) is 11.3 Å². The minimum Gasteiger partial charge on any atom is -0.448 e. The minimum atomic E-state index is -0.837. The zero-order chi connectivity index (χ0) is 22.4. The number of rotatable bonds is 2. The molecule has 0 bridgehead atoms. The molecule has 1 N–H and O–H groups in total. The van der Waals surface area contributed by atoms with Crippen LogP contribution in [0.15, 0.2) is 0 Å². The van der Waals surface area contributed by atoms with E-state index in [9.17, 15) is 14.4 Å². The van der Waals surface area contributed by atoms with E-state index in [-0.39, 0.29) is 24.9 Å². The van der Waals surface area contributed by atoms with Crippen LogP contribution >= 0.6 is 0 Å². The molecule has 0 aromatic carbocycles. The molecule has 1 aliphatic rings. The number of hydrogen-bond acceptors (Lipinski definition) is 6. The molecule has 0 aliphatic carbocycles. The first kappa shape index (κ1) is 22.7. The van der Waals surface area contributed by atoms with Gasteiger partial charge in [-0.3, -0.25) is 9.69 Å². The van der Waals surface area contributed by atoms with Gasteiger partial charge < -0.3 is 14.8 Å². The standard InChI is InChI=1S/C20H32N4O5/c1-10-28-17(27)24-14(21-15(25)18(2,3)4)12-11-23(16(26)29-19(5,6)7)20(8,9)13(12)22-24/h10-11H2,1-9H3,(H,21,25). The molecule has 2 amide bonds. The van der Waals surface area contributed by atoms with Crippen LogP contribution in [0.5, 0.6) is 0 Å². The van der Waals surface area contributed by atoms with Crippen molar-refractivity contribution < 1.29 is 23.9 Å². The third-order valence-corrected chi connectivity index (χ3v) is 4.52. The number of nitrogens with zero attached hydrogens (tertiary/aromatic N) is 3. The SMILES string of the molecule is CCOC(=O)n1nc2c(c1NC(=O)C(C)(C)C)CN(C(=O)OC(C)(C)C)C2(C)C. The highest BCUT2D eigenvalue weighted by atomic mass is 16.6. The van der Waals surface area contributed by atoms with Crippen molar-refractivity contribution in [3.63, 3.8) is 0 Å². The normalized spacial score (nSPS) is 15.7. The summed E-state index contributed by atoms with van der Waals surface area (Å²) in [6.45, 7) is 16.3. The average Bonchev–Trinajstić information content (AvgIpc) is 3.00. The number of amides is 2. The van der Waals surface area contributed by atoms with Crippen molar-refractivity contribution in [3.8, 4) is 0 Å². The fourth-order valence-electron chi connectivity index (χ4n) is 2.93. The Balaban J connectivity index is 2.50. The molecule has 0 unspecified atom stereocenters. The van der Waals surface area contributed by atoms with Gasteiger partial charge in [0.2, 0.25) is 5.91 Å². The molecular weight excluding hydrogens is 376 g/mol. The van der Waals surface area contributed by atoms with Crippen molar-refractivity contribution in [2.24, 2.45) is 5.41 Å². The van der Waals surface area contributed by atoms with E-state index in [1.165, 1.54) is 4.90 Å². The van der Waals surface area contributed by atoms with Gasteiger partial charge in [-0.15, -0.1) is 4.68 Å². The second-order valence-corrected chi connectivity index (χ2v) is 9.62. The van der Waals surface area contributed by atoms with Gasteiger partial charge in [0.15, 0.2) is 0 Å². The van der Waals surface area contributed by atoms with E-state index in [0.717, 1.165) is 4.68 Å². The molecule has 0 radical (unpaired) electrons. The first-order valence-electron chi connectivity index (χ1n) is 9.71. The van der Waals surface area contributed by atoms with Crippen molar-refractivity contribution in [1.29, 1.82) is 0 Å². The summed E-state index contributed by atoms with van der Waals surface area (Å²) in [4.78, 5) is 39.3. The number of hydrogen-bond donors (Lipinski definition) is 1. The molecule has 2 heterocycles. The van der Waals surface area contributed by atoms with Gasteiger partial charge in [0.25, 0.3) is 0 Å². The Morgan fingerprint density at radius 1 is 1.10 bits per heavy atom. The lowest BCUT2D eigenvalue weighted by Gasteiger charge is -2.33. The molecule has 0 spiro atoms. The number of anilines is 1. The lowest BCUT2D eigenvalue weighted by molar-refractivity contribution is -0.123. The summed E-state index contributed by atoms with van der Waals surface area (Å²) in [6, 6.07) is 0. The van der Waals surface area contributed by atoms with Gasteiger partial charge in [-0.25, -0.2) is 9.59 Å². The number of carbonyl (C=O) groups excluding carboxylic acids is 3. The fourth-order valence-corrected chi connectivity index (χ4v) is 2.93. The fraction of sp³-hybridized carbons (Fsp3) is 0.700. The quantitative estimate of drug-likeness (QED) is 0.797. The Morgan fingerprint density at radius 3 is 2.17 bits per heavy atom. The van der Waals surface area contributed by atoms with Crippen LogP contribution in [0.2, 0.25) is 0 Å². The highest BCUT2D eigenvalue weighted by molar-refractivity contribution is 5.96. The smallest absolute Gasteiger partial charge is 0.436 e. The predicted molar refractivity (Wildman–Crippen MR) is 108 cm³/mol. The predicted octanol–water partition coefficient (Wildman–Crippen LogP) is 3.86. The number of nitrogens with one attached hydrogen (secondary N) is 1. The highest BCUT2D eigenvalue weighted by Gasteiger charge is 2.47. The second kappa shape index (κ2) is 7.35. The lowest BCUT2D eigenvalue weighted by atomic mass is 9.95. The van der Waals surface area contributed by atoms with Gasteiger partial charge in [0.1, 0.15) is 11.4 Å². The summed E-state index contributed by atoms with van der Waals surface area (Å²) in [7, 11) is 0. The van der Waals surface area contributed by atoms with E-state index in [4.69, 9.17) is 9.47 Å². The van der Waals surface area contributed by atoms with E-state index in [2.05, 4.69) is 10.4 Å². The maximum absolute atomic E-state index is 12.7. The van der Waals surface area contributed by atoms with E-state index in [1.807, 2.05) is 13.8 Å². The Labute approximate surface area is 171 Å². The molecule has 1 aromatic heterocycles. The molecule has 0 fully saturated rings. The van der Waals surface area contributed by atoms with E-state index >= 15 is 0 Å². The van der Waals surface area contributed by atoms with Crippen LogP contribution in [0.4, 0.5) is 15.4 Å². The van der Waals surface area contributed by atoms with Crippen molar-refractivity contribution in [2.75, 3.05) is 11.9 Å². The number of ether oxygens (including phenoxy) is 2. The summed E-state index contributed by atoms with van der Waals surface area (Å²) >= 11 is 0. The maximum atomic E-state index is 12.7. The molecule has 29 heavy (non-hydrogen) atoms. The molecule has 2 rings (SSSR count). The molecule has 0 saturated carbocycles. The molecule has 9 heteroatoms. The molecular formula is C20H32N4O5. The summed E-state index contributed by atoms with van der Waals surface area (Å²) in [6.07, 6.45) is -1.18. The maximum Gasteiger partial charge on any atom is 0.436 e. The van der Waals surface area contributed by atoms with Gasteiger partial charge in [-0.1, -0.05) is 20.8 Å². The molecule has 9 nitrogen and oxygen atoms in total.